The van der Waals surface area contributed by atoms with Gasteiger partial charge in [-0.3, -0.25) is 29.0 Å². The summed E-state index contributed by atoms with van der Waals surface area (Å²) in [5, 5.41) is 47.9. The number of aliphatic hydroxyl groups excluding tert-OH is 3. The number of nitrogens with one attached hydrogen (secondary N) is 5. The molecule has 15 N–H and O–H groups in total. The number of carbonyl (C=O) groups is 6. The smallest absolute Gasteiger partial charge is 0.328 e. The van der Waals surface area contributed by atoms with Gasteiger partial charge in [-0.2, -0.15) is 0 Å². The molecular formula is C23H43N9O10. The average molecular weight is 606 g/mol. The number of nitrogens with two attached hydrogens (primary N) is 3. The molecule has 0 saturated heterocycles. The molecule has 0 fully saturated rings. The normalized spacial score (nSPS) is 15.0. The van der Waals surface area contributed by atoms with Crippen molar-refractivity contribution in [3.8, 4) is 0 Å². The predicted octanol–water partition coefficient (Wildman–Crippen LogP) is -6.47. The molecule has 0 aliphatic carbocycles. The maximum atomic E-state index is 13.0. The second-order valence-electron chi connectivity index (χ2n) is 9.27. The molecule has 0 aromatic heterocycles. The van der Waals surface area contributed by atoms with Crippen LogP contribution in [-0.4, -0.2) is 125 Å². The second kappa shape index (κ2) is 19.9. The molecule has 6 atom stereocenters. The van der Waals surface area contributed by atoms with Crippen LogP contribution in [0.25, 0.3) is 0 Å². The highest BCUT2D eigenvalue weighted by molar-refractivity contribution is 5.95. The van der Waals surface area contributed by atoms with Gasteiger partial charge in [0.1, 0.15) is 24.2 Å². The average Bonchev–Trinajstić information content (AvgIpc) is 2.95. The molecule has 0 spiro atoms. The van der Waals surface area contributed by atoms with Crippen LogP contribution in [0.5, 0.6) is 0 Å². The number of carboxylic acids is 1. The van der Waals surface area contributed by atoms with Gasteiger partial charge < -0.3 is 64.2 Å². The number of rotatable bonds is 20. The highest BCUT2D eigenvalue weighted by Gasteiger charge is 2.31. The molecule has 0 radical (unpaired) electrons. The third kappa shape index (κ3) is 14.0. The Labute approximate surface area is 242 Å². The van der Waals surface area contributed by atoms with E-state index >= 15 is 0 Å². The fourth-order valence-electron chi connectivity index (χ4n) is 3.26. The van der Waals surface area contributed by atoms with Gasteiger partial charge in [-0.15, -0.1) is 0 Å². The Morgan fingerprint density at radius 1 is 0.786 bits per heavy atom. The monoisotopic (exact) mass is 605 g/mol. The van der Waals surface area contributed by atoms with E-state index in [1.165, 1.54) is 0 Å². The Kier molecular flexibility index (Phi) is 18.0. The number of aliphatic carboxylic acids is 1. The minimum absolute atomic E-state index is 0.101. The largest absolute Gasteiger partial charge is 0.480 e. The number of guanidine groups is 1. The lowest BCUT2D eigenvalue weighted by molar-refractivity contribution is -0.143. The lowest BCUT2D eigenvalue weighted by Crippen LogP contribution is -2.59. The van der Waals surface area contributed by atoms with Crippen molar-refractivity contribution in [2.75, 3.05) is 32.9 Å². The van der Waals surface area contributed by atoms with Gasteiger partial charge in [0.05, 0.1) is 32.4 Å². The first-order valence-corrected chi connectivity index (χ1v) is 13.1. The molecule has 0 aliphatic rings. The van der Waals surface area contributed by atoms with Gasteiger partial charge in [0.2, 0.25) is 29.5 Å². The molecule has 0 aromatic rings. The van der Waals surface area contributed by atoms with Crippen molar-refractivity contribution in [3.63, 3.8) is 0 Å². The van der Waals surface area contributed by atoms with Crippen LogP contribution in [0.3, 0.4) is 0 Å². The molecule has 42 heavy (non-hydrogen) atoms. The Morgan fingerprint density at radius 2 is 1.33 bits per heavy atom. The van der Waals surface area contributed by atoms with E-state index < -0.39 is 98.0 Å². The van der Waals surface area contributed by atoms with Crippen molar-refractivity contribution in [1.29, 1.82) is 0 Å². The van der Waals surface area contributed by atoms with Crippen LogP contribution in [0.4, 0.5) is 0 Å². The number of aliphatic imine (C=N–C) groups is 1. The van der Waals surface area contributed by atoms with E-state index in [0.717, 1.165) is 0 Å². The topological polar surface area (TPSA) is 334 Å². The molecule has 19 nitrogen and oxygen atoms in total. The minimum Gasteiger partial charge on any atom is -0.480 e. The molecule has 5 amide bonds. The Hall–Kier alpha value is -4.07. The van der Waals surface area contributed by atoms with Crippen molar-refractivity contribution in [2.45, 2.75) is 63.3 Å². The van der Waals surface area contributed by atoms with E-state index in [4.69, 9.17) is 27.4 Å². The van der Waals surface area contributed by atoms with Crippen molar-refractivity contribution in [3.05, 3.63) is 0 Å². The summed E-state index contributed by atoms with van der Waals surface area (Å²) in [5.74, 6) is -6.53. The lowest BCUT2D eigenvalue weighted by Gasteiger charge is -2.27. The second-order valence-corrected chi connectivity index (χ2v) is 9.27. The van der Waals surface area contributed by atoms with Gasteiger partial charge >= 0.3 is 5.97 Å². The molecule has 0 unspecified atom stereocenters. The summed E-state index contributed by atoms with van der Waals surface area (Å²) in [4.78, 5) is 77.0. The third-order valence-electron chi connectivity index (χ3n) is 5.97. The summed E-state index contributed by atoms with van der Waals surface area (Å²) in [5.41, 5.74) is 16.4. The highest BCUT2D eigenvalue weighted by Crippen LogP contribution is 2.09. The van der Waals surface area contributed by atoms with E-state index in [-0.39, 0.29) is 18.9 Å². The van der Waals surface area contributed by atoms with Gasteiger partial charge in [0.15, 0.2) is 5.96 Å². The molecule has 0 aliphatic heterocycles. The van der Waals surface area contributed by atoms with Crippen molar-refractivity contribution in [1.82, 2.24) is 26.6 Å². The number of hydrogen-bond donors (Lipinski definition) is 12. The van der Waals surface area contributed by atoms with E-state index in [1.807, 2.05) is 5.32 Å². The van der Waals surface area contributed by atoms with Crippen LogP contribution in [0.1, 0.15) is 33.1 Å². The fraction of sp³-hybridized carbons (Fsp3) is 0.696. The van der Waals surface area contributed by atoms with Gasteiger partial charge in [0.25, 0.3) is 0 Å². The molecule has 0 heterocycles. The first kappa shape index (κ1) is 37.9. The molecule has 0 aromatic carbocycles. The van der Waals surface area contributed by atoms with E-state index in [2.05, 4.69) is 26.3 Å². The van der Waals surface area contributed by atoms with Crippen LogP contribution >= 0.6 is 0 Å². The number of nitrogens with zero attached hydrogens (tertiary/aromatic N) is 1. The minimum atomic E-state index is -1.67. The standard InChI is InChI=1S/C23H43N9O10/c1-3-11(2)17(32-18(37)12(24)5-4-6-27-23(25)26)21(40)30-13(8-33)19(38)28-7-16(36)29-14(9-34)20(39)31-15(10-35)22(41)42/h11-15,17,33-35H,3-10,24H2,1-2H3,(H,28,38)(H,29,36)(H,30,40)(H,31,39)(H,32,37)(H,41,42)(H4,25,26,27)/t11-,12-,13-,14-,15-,17-/m0/s1. The number of aliphatic hydroxyl groups is 3. The van der Waals surface area contributed by atoms with Crippen LogP contribution in [-0.2, 0) is 28.8 Å². The molecular weight excluding hydrogens is 562 g/mol. The van der Waals surface area contributed by atoms with Crippen molar-refractivity contribution in [2.24, 2.45) is 28.1 Å². The summed E-state index contributed by atoms with van der Waals surface area (Å²) in [6.07, 6.45) is 1.09. The molecule has 0 saturated carbocycles. The van der Waals surface area contributed by atoms with Gasteiger partial charge in [-0.05, 0) is 18.8 Å². The molecule has 240 valence electrons. The zero-order valence-corrected chi connectivity index (χ0v) is 23.5. The Bertz CT molecular complexity index is 961. The molecule has 0 rings (SSSR count). The lowest BCUT2D eigenvalue weighted by atomic mass is 9.97. The van der Waals surface area contributed by atoms with E-state index in [1.54, 1.807) is 13.8 Å². The molecule has 0 bridgehead atoms. The van der Waals surface area contributed by atoms with Crippen molar-refractivity contribution >= 4 is 41.5 Å². The molecule has 19 heteroatoms. The first-order valence-electron chi connectivity index (χ1n) is 13.1. The summed E-state index contributed by atoms with van der Waals surface area (Å²) in [6, 6.07) is -6.90. The number of carbonyl (C=O) groups excluding carboxylic acids is 5. The van der Waals surface area contributed by atoms with Crippen LogP contribution in [0, 0.1) is 5.92 Å². The first-order chi connectivity index (χ1) is 19.7. The third-order valence-corrected chi connectivity index (χ3v) is 5.97. The van der Waals surface area contributed by atoms with E-state index in [9.17, 15) is 39.0 Å². The van der Waals surface area contributed by atoms with Gasteiger partial charge in [-0.25, -0.2) is 4.79 Å². The SMILES string of the molecule is CC[C@H](C)[C@H](NC(=O)[C@@H](N)CCCN=C(N)N)C(=O)N[C@@H](CO)C(=O)NCC(=O)N[C@@H](CO)C(=O)N[C@@H](CO)C(=O)O. The summed E-state index contributed by atoms with van der Waals surface area (Å²) < 4.78 is 0. The quantitative estimate of drug-likeness (QED) is 0.0349. The number of amides is 5. The Morgan fingerprint density at radius 3 is 1.83 bits per heavy atom. The predicted molar refractivity (Wildman–Crippen MR) is 147 cm³/mol. The zero-order chi connectivity index (χ0) is 32.4. The Balaban J connectivity index is 5.11. The van der Waals surface area contributed by atoms with Crippen molar-refractivity contribution < 1.29 is 49.2 Å². The number of carboxylic acid groups (broad SMARTS) is 1. The zero-order valence-electron chi connectivity index (χ0n) is 23.5. The number of hydrogen-bond acceptors (Lipinski definition) is 11. The van der Waals surface area contributed by atoms with Gasteiger partial charge in [0, 0.05) is 6.54 Å². The fourth-order valence-corrected chi connectivity index (χ4v) is 3.26. The maximum absolute atomic E-state index is 13.0. The summed E-state index contributed by atoms with van der Waals surface area (Å²) in [7, 11) is 0. The van der Waals surface area contributed by atoms with Gasteiger partial charge in [-0.1, -0.05) is 20.3 Å². The van der Waals surface area contributed by atoms with Crippen LogP contribution < -0.4 is 43.8 Å². The highest BCUT2D eigenvalue weighted by atomic mass is 16.4. The van der Waals surface area contributed by atoms with Crippen LogP contribution in [0.2, 0.25) is 0 Å². The van der Waals surface area contributed by atoms with Crippen LogP contribution in [0.15, 0.2) is 4.99 Å². The maximum Gasteiger partial charge on any atom is 0.328 e. The summed E-state index contributed by atoms with van der Waals surface area (Å²) in [6.45, 7) is 0.217. The van der Waals surface area contributed by atoms with E-state index in [0.29, 0.717) is 12.8 Å². The summed E-state index contributed by atoms with van der Waals surface area (Å²) >= 11 is 0.